The van der Waals surface area contributed by atoms with Crippen molar-refractivity contribution in [2.45, 2.75) is 13.5 Å². The molecule has 1 amide bonds. The molecule has 0 bridgehead atoms. The predicted octanol–water partition coefficient (Wildman–Crippen LogP) is 3.02. The van der Waals surface area contributed by atoms with E-state index in [0.29, 0.717) is 25.3 Å². The van der Waals surface area contributed by atoms with E-state index in [1.807, 2.05) is 43.4 Å². The van der Waals surface area contributed by atoms with Gasteiger partial charge < -0.3 is 19.0 Å². The van der Waals surface area contributed by atoms with Crippen LogP contribution in [-0.2, 0) is 11.3 Å². The number of furan rings is 1. The molecule has 5 heteroatoms. The van der Waals surface area contributed by atoms with Gasteiger partial charge in [-0.1, -0.05) is 0 Å². The minimum atomic E-state index is -0.0239. The summed E-state index contributed by atoms with van der Waals surface area (Å²) < 4.78 is 10.5. The van der Waals surface area contributed by atoms with E-state index in [9.17, 15) is 4.79 Å². The van der Waals surface area contributed by atoms with Crippen LogP contribution in [0.5, 0.6) is 0 Å². The van der Waals surface area contributed by atoms with E-state index < -0.39 is 0 Å². The summed E-state index contributed by atoms with van der Waals surface area (Å²) >= 11 is 0. The van der Waals surface area contributed by atoms with Crippen LogP contribution in [0.4, 0.5) is 5.69 Å². The van der Waals surface area contributed by atoms with Gasteiger partial charge in [0, 0.05) is 38.5 Å². The summed E-state index contributed by atoms with van der Waals surface area (Å²) in [4.78, 5) is 16.6. The van der Waals surface area contributed by atoms with Gasteiger partial charge in [0.05, 0.1) is 19.4 Å². The smallest absolute Gasteiger partial charge is 0.254 e. The van der Waals surface area contributed by atoms with Crippen molar-refractivity contribution < 1.29 is 13.9 Å². The highest BCUT2D eigenvalue weighted by Gasteiger charge is 2.17. The molecule has 5 nitrogen and oxygen atoms in total. The lowest BCUT2D eigenvalue weighted by molar-refractivity contribution is 0.0666. The maximum atomic E-state index is 12.7. The molecule has 1 aromatic heterocycles. The Labute approximate surface area is 137 Å². The normalized spacial score (nSPS) is 10.6. The lowest BCUT2D eigenvalue weighted by Crippen LogP contribution is -2.33. The van der Waals surface area contributed by atoms with E-state index in [1.165, 1.54) is 0 Å². The average molecular weight is 316 g/mol. The fourth-order valence-corrected chi connectivity index (χ4v) is 2.27. The number of hydrogen-bond donors (Lipinski definition) is 0. The number of carbonyl (C=O) groups is 1. The van der Waals surface area contributed by atoms with Gasteiger partial charge in [-0.2, -0.15) is 0 Å². The Hall–Kier alpha value is -2.27. The van der Waals surface area contributed by atoms with Gasteiger partial charge in [0.2, 0.25) is 0 Å². The van der Waals surface area contributed by atoms with Gasteiger partial charge >= 0.3 is 0 Å². The SMILES string of the molecule is CCN(C)c1ccc(C(=O)N(CCOC)Cc2ccco2)cc1. The molecule has 1 heterocycles. The van der Waals surface area contributed by atoms with E-state index in [4.69, 9.17) is 9.15 Å². The summed E-state index contributed by atoms with van der Waals surface area (Å²) in [6, 6.07) is 11.4. The first-order chi connectivity index (χ1) is 11.2. The first-order valence-corrected chi connectivity index (χ1v) is 7.77. The molecule has 0 radical (unpaired) electrons. The van der Waals surface area contributed by atoms with Crippen molar-refractivity contribution in [1.29, 1.82) is 0 Å². The highest BCUT2D eigenvalue weighted by atomic mass is 16.5. The van der Waals surface area contributed by atoms with Gasteiger partial charge in [-0.25, -0.2) is 0 Å². The highest BCUT2D eigenvalue weighted by Crippen LogP contribution is 2.16. The fraction of sp³-hybridized carbons (Fsp3) is 0.389. The first-order valence-electron chi connectivity index (χ1n) is 7.77. The molecule has 0 N–H and O–H groups in total. The van der Waals surface area contributed by atoms with Crippen molar-refractivity contribution >= 4 is 11.6 Å². The molecule has 0 aliphatic carbocycles. The fourth-order valence-electron chi connectivity index (χ4n) is 2.27. The van der Waals surface area contributed by atoms with Crippen LogP contribution in [0.15, 0.2) is 47.1 Å². The van der Waals surface area contributed by atoms with Crippen molar-refractivity contribution in [2.75, 3.05) is 38.8 Å². The van der Waals surface area contributed by atoms with E-state index in [1.54, 1.807) is 18.3 Å². The second-order valence-corrected chi connectivity index (χ2v) is 5.36. The molecule has 0 unspecified atom stereocenters. The lowest BCUT2D eigenvalue weighted by atomic mass is 10.1. The highest BCUT2D eigenvalue weighted by molar-refractivity contribution is 5.94. The Morgan fingerprint density at radius 2 is 1.96 bits per heavy atom. The van der Waals surface area contributed by atoms with Gasteiger partial charge in [-0.15, -0.1) is 0 Å². The molecule has 0 fully saturated rings. The number of nitrogens with zero attached hydrogens (tertiary/aromatic N) is 2. The van der Waals surface area contributed by atoms with Crippen molar-refractivity contribution in [3.05, 3.63) is 54.0 Å². The molecule has 0 atom stereocenters. The van der Waals surface area contributed by atoms with Crippen molar-refractivity contribution in [3.63, 3.8) is 0 Å². The Morgan fingerprint density at radius 1 is 1.22 bits per heavy atom. The van der Waals surface area contributed by atoms with Crippen LogP contribution in [-0.4, -0.2) is 44.7 Å². The van der Waals surface area contributed by atoms with Gasteiger partial charge in [0.25, 0.3) is 5.91 Å². The lowest BCUT2D eigenvalue weighted by Gasteiger charge is -2.22. The summed E-state index contributed by atoms with van der Waals surface area (Å²) in [7, 11) is 3.66. The van der Waals surface area contributed by atoms with Crippen LogP contribution in [0.2, 0.25) is 0 Å². The van der Waals surface area contributed by atoms with Crippen LogP contribution in [0.1, 0.15) is 23.0 Å². The van der Waals surface area contributed by atoms with Gasteiger partial charge in [-0.3, -0.25) is 4.79 Å². The quantitative estimate of drug-likeness (QED) is 0.751. The zero-order valence-electron chi connectivity index (χ0n) is 14.0. The number of amides is 1. The summed E-state index contributed by atoms with van der Waals surface area (Å²) in [5, 5.41) is 0. The Morgan fingerprint density at radius 3 is 2.52 bits per heavy atom. The molecule has 23 heavy (non-hydrogen) atoms. The number of hydrogen-bond acceptors (Lipinski definition) is 4. The third-order valence-electron chi connectivity index (χ3n) is 3.81. The number of methoxy groups -OCH3 is 1. The Balaban J connectivity index is 2.12. The Kier molecular flexibility index (Phi) is 6.23. The largest absolute Gasteiger partial charge is 0.467 e. The van der Waals surface area contributed by atoms with Crippen molar-refractivity contribution in [3.8, 4) is 0 Å². The van der Waals surface area contributed by atoms with Gasteiger partial charge in [0.15, 0.2) is 0 Å². The van der Waals surface area contributed by atoms with E-state index in [-0.39, 0.29) is 5.91 Å². The van der Waals surface area contributed by atoms with E-state index in [0.717, 1.165) is 18.0 Å². The number of anilines is 1. The molecular weight excluding hydrogens is 292 g/mol. The van der Waals surface area contributed by atoms with Crippen molar-refractivity contribution in [1.82, 2.24) is 4.90 Å². The number of benzene rings is 1. The van der Waals surface area contributed by atoms with Crippen LogP contribution in [0.25, 0.3) is 0 Å². The molecule has 2 rings (SSSR count). The standard InChI is InChI=1S/C18H24N2O3/c1-4-19(2)16-9-7-15(8-10-16)18(21)20(11-13-22-3)14-17-6-5-12-23-17/h5-10,12H,4,11,13-14H2,1-3H3. The number of ether oxygens (including phenoxy) is 1. The van der Waals surface area contributed by atoms with E-state index >= 15 is 0 Å². The molecule has 0 spiro atoms. The number of carbonyl (C=O) groups excluding carboxylic acids is 1. The van der Waals surface area contributed by atoms with Crippen LogP contribution < -0.4 is 4.90 Å². The monoisotopic (exact) mass is 316 g/mol. The predicted molar refractivity (Wildman–Crippen MR) is 90.7 cm³/mol. The van der Waals surface area contributed by atoms with Gasteiger partial charge in [0.1, 0.15) is 5.76 Å². The summed E-state index contributed by atoms with van der Waals surface area (Å²) in [5.74, 6) is 0.737. The molecular formula is C18H24N2O3. The minimum absolute atomic E-state index is 0.0239. The molecule has 124 valence electrons. The van der Waals surface area contributed by atoms with Crippen LogP contribution in [0, 0.1) is 0 Å². The third-order valence-corrected chi connectivity index (χ3v) is 3.81. The molecule has 1 aromatic carbocycles. The second-order valence-electron chi connectivity index (χ2n) is 5.36. The zero-order valence-corrected chi connectivity index (χ0v) is 14.0. The Bertz CT molecular complexity index is 593. The molecule has 0 aliphatic rings. The average Bonchev–Trinajstić information content (AvgIpc) is 3.10. The summed E-state index contributed by atoms with van der Waals surface area (Å²) in [6.45, 7) is 4.46. The van der Waals surface area contributed by atoms with E-state index in [2.05, 4.69) is 11.8 Å². The summed E-state index contributed by atoms with van der Waals surface area (Å²) in [5.41, 5.74) is 1.76. The van der Waals surface area contributed by atoms with Gasteiger partial charge in [-0.05, 0) is 43.3 Å². The van der Waals surface area contributed by atoms with Crippen LogP contribution >= 0.6 is 0 Å². The maximum absolute atomic E-state index is 12.7. The summed E-state index contributed by atoms with van der Waals surface area (Å²) in [6.07, 6.45) is 1.61. The molecule has 0 saturated carbocycles. The molecule has 0 saturated heterocycles. The zero-order chi connectivity index (χ0) is 16.7. The molecule has 0 aliphatic heterocycles. The molecule has 2 aromatic rings. The van der Waals surface area contributed by atoms with Crippen LogP contribution in [0.3, 0.4) is 0 Å². The minimum Gasteiger partial charge on any atom is -0.467 e. The van der Waals surface area contributed by atoms with Crippen molar-refractivity contribution in [2.24, 2.45) is 0 Å². The first kappa shape index (κ1) is 17.1. The second kappa shape index (κ2) is 8.39. The topological polar surface area (TPSA) is 45.9 Å². The maximum Gasteiger partial charge on any atom is 0.254 e. The third kappa shape index (κ3) is 4.60. The number of rotatable bonds is 8.